The molecule has 1 aliphatic rings. The number of thiocarbonyl (C=S) groups is 1. The standard InChI is InChI=1S/C24H14BrClN4O8S/c1-37-20-10-12(8-16-22(31)27-24(39)28(23(16)32)14-4-2-13(26)3-5-14)9-17(25)21(20)38-19-7-6-15(29(33)34)11-18(19)30(35)36/h2-11H,1H3,(H,27,31,39)/b16-8+. The predicted octanol–water partition coefficient (Wildman–Crippen LogP) is 5.55. The van der Waals surface area contributed by atoms with E-state index in [0.29, 0.717) is 16.3 Å². The lowest BCUT2D eigenvalue weighted by Gasteiger charge is -2.29. The summed E-state index contributed by atoms with van der Waals surface area (Å²) >= 11 is 14.4. The molecule has 39 heavy (non-hydrogen) atoms. The average molecular weight is 634 g/mol. The quantitative estimate of drug-likeness (QED) is 0.116. The van der Waals surface area contributed by atoms with Gasteiger partial charge in [0.15, 0.2) is 16.6 Å². The highest BCUT2D eigenvalue weighted by Gasteiger charge is 2.34. The molecule has 15 heteroatoms. The number of ether oxygens (including phenoxy) is 2. The van der Waals surface area contributed by atoms with E-state index in [1.54, 1.807) is 24.3 Å². The van der Waals surface area contributed by atoms with Crippen LogP contribution in [-0.2, 0) is 9.59 Å². The molecule has 0 aliphatic carbocycles. The number of nitrogens with zero attached hydrogens (tertiary/aromatic N) is 3. The van der Waals surface area contributed by atoms with Crippen molar-refractivity contribution in [1.82, 2.24) is 5.32 Å². The monoisotopic (exact) mass is 632 g/mol. The second kappa shape index (κ2) is 11.1. The molecule has 3 aromatic carbocycles. The highest BCUT2D eigenvalue weighted by Crippen LogP contribution is 2.43. The zero-order valence-electron chi connectivity index (χ0n) is 19.5. The van der Waals surface area contributed by atoms with Gasteiger partial charge in [-0.3, -0.25) is 40.0 Å². The maximum absolute atomic E-state index is 13.3. The molecule has 0 spiro atoms. The number of amides is 2. The van der Waals surface area contributed by atoms with Gasteiger partial charge in [-0.05, 0) is 82.3 Å². The lowest BCUT2D eigenvalue weighted by Crippen LogP contribution is -2.54. The lowest BCUT2D eigenvalue weighted by molar-refractivity contribution is -0.394. The average Bonchev–Trinajstić information content (AvgIpc) is 2.88. The number of carbonyl (C=O) groups is 2. The van der Waals surface area contributed by atoms with Gasteiger partial charge in [-0.1, -0.05) is 11.6 Å². The zero-order chi connectivity index (χ0) is 28.4. The van der Waals surface area contributed by atoms with Crippen LogP contribution in [0.25, 0.3) is 6.08 Å². The van der Waals surface area contributed by atoms with Gasteiger partial charge >= 0.3 is 5.69 Å². The van der Waals surface area contributed by atoms with Crippen LogP contribution in [0.2, 0.25) is 5.02 Å². The van der Waals surface area contributed by atoms with Gasteiger partial charge in [-0.2, -0.15) is 0 Å². The maximum atomic E-state index is 13.3. The summed E-state index contributed by atoms with van der Waals surface area (Å²) < 4.78 is 11.3. The van der Waals surface area contributed by atoms with E-state index in [4.69, 9.17) is 33.3 Å². The Balaban J connectivity index is 1.71. The molecule has 0 bridgehead atoms. The molecule has 3 aromatic rings. The van der Waals surface area contributed by atoms with Crippen molar-refractivity contribution in [3.63, 3.8) is 0 Å². The third-order valence-electron chi connectivity index (χ3n) is 5.31. The minimum atomic E-state index is -0.814. The van der Waals surface area contributed by atoms with Crippen LogP contribution in [0.5, 0.6) is 17.2 Å². The molecule has 1 heterocycles. The fourth-order valence-corrected chi connectivity index (χ4v) is 4.48. The van der Waals surface area contributed by atoms with E-state index in [9.17, 15) is 29.8 Å². The molecule has 12 nitrogen and oxygen atoms in total. The predicted molar refractivity (Wildman–Crippen MR) is 148 cm³/mol. The number of non-ortho nitro benzene ring substituents is 1. The van der Waals surface area contributed by atoms with Crippen molar-refractivity contribution in [1.29, 1.82) is 0 Å². The summed E-state index contributed by atoms with van der Waals surface area (Å²) in [6.07, 6.45) is 1.31. The fourth-order valence-electron chi connectivity index (χ4n) is 3.53. The number of hydrogen-bond acceptors (Lipinski definition) is 9. The molecule has 198 valence electrons. The Morgan fingerprint density at radius 2 is 1.72 bits per heavy atom. The first-order chi connectivity index (χ1) is 18.5. The molecular formula is C24H14BrClN4O8S. The van der Waals surface area contributed by atoms with Gasteiger partial charge in [0.1, 0.15) is 5.57 Å². The number of benzene rings is 3. The van der Waals surface area contributed by atoms with Gasteiger partial charge < -0.3 is 9.47 Å². The summed E-state index contributed by atoms with van der Waals surface area (Å²) in [6, 6.07) is 12.1. The summed E-state index contributed by atoms with van der Waals surface area (Å²) in [5.41, 5.74) is -0.608. The van der Waals surface area contributed by atoms with E-state index in [2.05, 4.69) is 21.2 Å². The maximum Gasteiger partial charge on any atom is 0.318 e. The zero-order valence-corrected chi connectivity index (χ0v) is 22.7. The summed E-state index contributed by atoms with van der Waals surface area (Å²) in [5.74, 6) is -1.57. The number of rotatable bonds is 7. The number of nitro benzene ring substituents is 2. The van der Waals surface area contributed by atoms with Crippen molar-refractivity contribution in [3.8, 4) is 17.2 Å². The number of carbonyl (C=O) groups excluding carboxylic acids is 2. The van der Waals surface area contributed by atoms with Gasteiger partial charge in [0.25, 0.3) is 17.5 Å². The van der Waals surface area contributed by atoms with Crippen LogP contribution in [0, 0.1) is 20.2 Å². The number of halogens is 2. The van der Waals surface area contributed by atoms with Gasteiger partial charge in [-0.25, -0.2) is 0 Å². The van der Waals surface area contributed by atoms with Crippen molar-refractivity contribution in [2.24, 2.45) is 0 Å². The van der Waals surface area contributed by atoms with E-state index in [-0.39, 0.29) is 32.4 Å². The van der Waals surface area contributed by atoms with Gasteiger partial charge in [0.2, 0.25) is 5.75 Å². The highest BCUT2D eigenvalue weighted by molar-refractivity contribution is 9.10. The molecule has 4 rings (SSSR count). The van der Waals surface area contributed by atoms with Crippen molar-refractivity contribution in [3.05, 3.63) is 95.5 Å². The molecule has 0 radical (unpaired) electrons. The van der Waals surface area contributed by atoms with Crippen LogP contribution in [0.4, 0.5) is 17.1 Å². The molecule has 1 aliphatic heterocycles. The molecule has 1 saturated heterocycles. The van der Waals surface area contributed by atoms with E-state index in [0.717, 1.165) is 23.1 Å². The van der Waals surface area contributed by atoms with E-state index >= 15 is 0 Å². The Labute approximate surface area is 238 Å². The van der Waals surface area contributed by atoms with Crippen LogP contribution in [0.1, 0.15) is 5.56 Å². The van der Waals surface area contributed by atoms with Crippen molar-refractivity contribution < 1.29 is 28.9 Å². The molecule has 1 fully saturated rings. The van der Waals surface area contributed by atoms with Crippen LogP contribution < -0.4 is 19.7 Å². The van der Waals surface area contributed by atoms with Crippen LogP contribution in [0.15, 0.2) is 64.6 Å². The molecule has 0 atom stereocenters. The summed E-state index contributed by atoms with van der Waals surface area (Å²) in [5, 5.41) is 25.3. The first kappa shape index (κ1) is 27.6. The third kappa shape index (κ3) is 5.72. The van der Waals surface area contributed by atoms with Gasteiger partial charge in [0.05, 0.1) is 33.2 Å². The van der Waals surface area contributed by atoms with Crippen LogP contribution in [0.3, 0.4) is 0 Å². The first-order valence-electron chi connectivity index (χ1n) is 10.7. The Hall–Kier alpha value is -4.40. The molecule has 2 amide bonds. The van der Waals surface area contributed by atoms with E-state index < -0.39 is 33.0 Å². The Morgan fingerprint density at radius 3 is 2.33 bits per heavy atom. The van der Waals surface area contributed by atoms with Crippen LogP contribution in [-0.4, -0.2) is 33.9 Å². The largest absolute Gasteiger partial charge is 0.493 e. The highest BCUT2D eigenvalue weighted by atomic mass is 79.9. The topological polar surface area (TPSA) is 154 Å². The Kier molecular flexibility index (Phi) is 7.90. The van der Waals surface area contributed by atoms with Crippen molar-refractivity contribution >= 4 is 79.8 Å². The molecule has 0 saturated carbocycles. The van der Waals surface area contributed by atoms with Gasteiger partial charge in [0, 0.05) is 11.1 Å². The molecular weight excluding hydrogens is 620 g/mol. The SMILES string of the molecule is COc1cc(/C=C2\C(=O)NC(=S)N(c3ccc(Cl)cc3)C2=O)cc(Br)c1Oc1ccc([N+](=O)[O-])cc1[N+](=O)[O-]. The second-order valence-electron chi connectivity index (χ2n) is 7.74. The number of nitrogens with one attached hydrogen (secondary N) is 1. The number of anilines is 1. The van der Waals surface area contributed by atoms with E-state index in [1.807, 2.05) is 0 Å². The van der Waals surface area contributed by atoms with Crippen molar-refractivity contribution in [2.45, 2.75) is 0 Å². The molecule has 1 N–H and O–H groups in total. The third-order valence-corrected chi connectivity index (χ3v) is 6.44. The minimum Gasteiger partial charge on any atom is -0.493 e. The second-order valence-corrected chi connectivity index (χ2v) is 9.41. The summed E-state index contributed by atoms with van der Waals surface area (Å²) in [6.45, 7) is 0. The van der Waals surface area contributed by atoms with Crippen molar-refractivity contribution in [2.75, 3.05) is 12.0 Å². The Morgan fingerprint density at radius 1 is 1.03 bits per heavy atom. The fraction of sp³-hybridized carbons (Fsp3) is 0.0417. The number of hydrogen-bond donors (Lipinski definition) is 1. The first-order valence-corrected chi connectivity index (χ1v) is 12.2. The Bertz CT molecular complexity index is 1600. The summed E-state index contributed by atoms with van der Waals surface area (Å²) in [7, 11) is 1.31. The molecule has 0 unspecified atom stereocenters. The summed E-state index contributed by atoms with van der Waals surface area (Å²) in [4.78, 5) is 48.0. The molecule has 0 aromatic heterocycles. The smallest absolute Gasteiger partial charge is 0.318 e. The van der Waals surface area contributed by atoms with E-state index in [1.165, 1.54) is 25.3 Å². The number of nitro groups is 2. The minimum absolute atomic E-state index is 0.0139. The lowest BCUT2D eigenvalue weighted by atomic mass is 10.1. The van der Waals surface area contributed by atoms with Gasteiger partial charge in [-0.15, -0.1) is 0 Å². The van der Waals surface area contributed by atoms with Crippen LogP contribution >= 0.6 is 39.7 Å². The normalized spacial score (nSPS) is 14.3. The number of methoxy groups -OCH3 is 1.